The van der Waals surface area contributed by atoms with E-state index in [4.69, 9.17) is 9.47 Å². The minimum atomic E-state index is -0.960. The van der Waals surface area contributed by atoms with Crippen LogP contribution in [0.1, 0.15) is 51.9 Å². The van der Waals surface area contributed by atoms with Gasteiger partial charge in [-0.25, -0.2) is 4.79 Å². The van der Waals surface area contributed by atoms with Crippen molar-refractivity contribution in [2.24, 2.45) is 0 Å². The summed E-state index contributed by atoms with van der Waals surface area (Å²) in [4.78, 5) is 23.3. The fraction of sp³-hybridized carbons (Fsp3) is 0.857. The molecule has 0 bridgehead atoms. The molecule has 0 saturated heterocycles. The zero-order valence-electron chi connectivity index (χ0n) is 11.7. The number of hydrogen-bond donors (Lipinski definition) is 1. The second-order valence-electron chi connectivity index (χ2n) is 5.57. The van der Waals surface area contributed by atoms with Crippen molar-refractivity contribution >= 4 is 11.9 Å². The number of rotatable bonds is 4. The lowest BCUT2D eigenvalue weighted by Gasteiger charge is -2.48. The third-order valence-corrected chi connectivity index (χ3v) is 4.21. The predicted octanol–water partition coefficient (Wildman–Crippen LogP) is 1.55. The van der Waals surface area contributed by atoms with Crippen LogP contribution in [-0.4, -0.2) is 36.7 Å². The summed E-state index contributed by atoms with van der Waals surface area (Å²) in [5.74, 6) is -0.614. The van der Waals surface area contributed by atoms with Gasteiger partial charge in [0, 0.05) is 6.92 Å². The van der Waals surface area contributed by atoms with Crippen LogP contribution in [0.4, 0.5) is 0 Å². The molecule has 2 aliphatic rings. The Morgan fingerprint density at radius 2 is 1.84 bits per heavy atom. The summed E-state index contributed by atoms with van der Waals surface area (Å²) >= 11 is 0. The molecule has 2 rings (SSSR count). The predicted molar refractivity (Wildman–Crippen MR) is 69.5 cm³/mol. The van der Waals surface area contributed by atoms with Gasteiger partial charge in [-0.2, -0.15) is 0 Å². The summed E-state index contributed by atoms with van der Waals surface area (Å²) in [6, 6.07) is 0. The first-order valence-corrected chi connectivity index (χ1v) is 7.11. The zero-order valence-corrected chi connectivity index (χ0v) is 11.7. The fourth-order valence-corrected chi connectivity index (χ4v) is 3.09. The third kappa shape index (κ3) is 2.91. The van der Waals surface area contributed by atoms with Crippen LogP contribution in [0, 0.1) is 0 Å². The highest BCUT2D eigenvalue weighted by Gasteiger charge is 2.56. The van der Waals surface area contributed by atoms with Gasteiger partial charge < -0.3 is 14.8 Å². The molecule has 1 N–H and O–H groups in total. The highest BCUT2D eigenvalue weighted by atomic mass is 16.5. The van der Waals surface area contributed by atoms with Gasteiger partial charge in [-0.3, -0.25) is 4.79 Å². The van der Waals surface area contributed by atoms with Gasteiger partial charge in [0.05, 0.1) is 19.3 Å². The van der Waals surface area contributed by atoms with Crippen molar-refractivity contribution in [1.29, 1.82) is 0 Å². The number of amides is 1. The number of carbonyl (C=O) groups is 2. The average molecular weight is 269 g/mol. The smallest absolute Gasteiger partial charge is 0.334 e. The topological polar surface area (TPSA) is 64.6 Å². The standard InChI is InChI=1S/C14H23NO4/c1-10(16)15-14(13(17)18-2)9-8-12(14)19-11-6-4-3-5-7-11/h11-12H,3-9H2,1-2H3,(H,15,16)/t12-,14-/m0/s1. The largest absolute Gasteiger partial charge is 0.467 e. The molecule has 0 radical (unpaired) electrons. The van der Waals surface area contributed by atoms with Crippen LogP contribution < -0.4 is 5.32 Å². The molecule has 2 fully saturated rings. The molecule has 0 aliphatic heterocycles. The number of nitrogens with one attached hydrogen (secondary N) is 1. The lowest BCUT2D eigenvalue weighted by Crippen LogP contribution is -2.69. The van der Waals surface area contributed by atoms with Crippen LogP contribution in [-0.2, 0) is 19.1 Å². The zero-order chi connectivity index (χ0) is 13.9. The van der Waals surface area contributed by atoms with Gasteiger partial charge in [0.25, 0.3) is 0 Å². The number of hydrogen-bond acceptors (Lipinski definition) is 4. The van der Waals surface area contributed by atoms with Crippen molar-refractivity contribution in [2.45, 2.75) is 69.6 Å². The molecule has 0 aromatic heterocycles. The Balaban J connectivity index is 2.02. The Labute approximate surface area is 114 Å². The van der Waals surface area contributed by atoms with E-state index >= 15 is 0 Å². The first-order valence-electron chi connectivity index (χ1n) is 7.11. The number of carbonyl (C=O) groups excluding carboxylic acids is 2. The molecular weight excluding hydrogens is 246 g/mol. The molecule has 5 heteroatoms. The van der Waals surface area contributed by atoms with Gasteiger partial charge in [0.15, 0.2) is 5.54 Å². The minimum Gasteiger partial charge on any atom is -0.467 e. The van der Waals surface area contributed by atoms with Crippen molar-refractivity contribution in [3.05, 3.63) is 0 Å². The highest BCUT2D eigenvalue weighted by molar-refractivity contribution is 5.89. The van der Waals surface area contributed by atoms with Gasteiger partial charge in [-0.05, 0) is 25.7 Å². The molecule has 1 amide bonds. The average Bonchev–Trinajstić information content (AvgIpc) is 2.41. The monoisotopic (exact) mass is 269 g/mol. The van der Waals surface area contributed by atoms with Crippen molar-refractivity contribution in [3.8, 4) is 0 Å². The van der Waals surface area contributed by atoms with E-state index in [0.717, 1.165) is 19.3 Å². The molecule has 0 unspecified atom stereocenters. The number of esters is 1. The lowest BCUT2D eigenvalue weighted by molar-refractivity contribution is -0.178. The Hall–Kier alpha value is -1.10. The maximum Gasteiger partial charge on any atom is 0.334 e. The van der Waals surface area contributed by atoms with Crippen LogP contribution in [0.15, 0.2) is 0 Å². The van der Waals surface area contributed by atoms with Gasteiger partial charge in [0.1, 0.15) is 0 Å². The molecule has 0 aromatic carbocycles. The Morgan fingerprint density at radius 1 is 1.16 bits per heavy atom. The van der Waals surface area contributed by atoms with E-state index in [2.05, 4.69) is 5.32 Å². The second kappa shape index (κ2) is 5.90. The Kier molecular flexibility index (Phi) is 4.45. The molecular formula is C14H23NO4. The SMILES string of the molecule is COC(=O)[C@]1(NC(C)=O)CC[C@@H]1OC1CCCCC1. The van der Waals surface area contributed by atoms with E-state index in [0.29, 0.717) is 6.42 Å². The Bertz CT molecular complexity index is 351. The third-order valence-electron chi connectivity index (χ3n) is 4.21. The maximum absolute atomic E-state index is 12.0. The molecule has 2 atom stereocenters. The second-order valence-corrected chi connectivity index (χ2v) is 5.57. The summed E-state index contributed by atoms with van der Waals surface area (Å²) in [5, 5.41) is 2.74. The van der Waals surface area contributed by atoms with Gasteiger partial charge in [-0.1, -0.05) is 19.3 Å². The summed E-state index contributed by atoms with van der Waals surface area (Å²) in [6.07, 6.45) is 7.09. The molecule has 0 heterocycles. The number of methoxy groups -OCH3 is 1. The molecule has 2 saturated carbocycles. The minimum absolute atomic E-state index is 0.219. The Morgan fingerprint density at radius 3 is 2.32 bits per heavy atom. The van der Waals surface area contributed by atoms with Crippen molar-refractivity contribution in [3.63, 3.8) is 0 Å². The van der Waals surface area contributed by atoms with E-state index in [1.165, 1.54) is 33.3 Å². The molecule has 5 nitrogen and oxygen atoms in total. The van der Waals surface area contributed by atoms with Crippen LogP contribution in [0.5, 0.6) is 0 Å². The summed E-state index contributed by atoms with van der Waals surface area (Å²) in [7, 11) is 1.35. The fourth-order valence-electron chi connectivity index (χ4n) is 3.09. The van der Waals surface area contributed by atoms with Crippen LogP contribution in [0.25, 0.3) is 0 Å². The van der Waals surface area contributed by atoms with E-state index in [-0.39, 0.29) is 18.1 Å². The van der Waals surface area contributed by atoms with Crippen LogP contribution >= 0.6 is 0 Å². The molecule has 0 aromatic rings. The molecule has 108 valence electrons. The normalized spacial score (nSPS) is 31.4. The number of ether oxygens (including phenoxy) is 2. The van der Waals surface area contributed by atoms with E-state index in [1.807, 2.05) is 0 Å². The molecule has 19 heavy (non-hydrogen) atoms. The lowest BCUT2D eigenvalue weighted by atomic mass is 9.73. The molecule has 2 aliphatic carbocycles. The van der Waals surface area contributed by atoms with Crippen LogP contribution in [0.2, 0.25) is 0 Å². The van der Waals surface area contributed by atoms with Crippen molar-refractivity contribution in [2.75, 3.05) is 7.11 Å². The summed E-state index contributed by atoms with van der Waals surface area (Å²) < 4.78 is 10.9. The van der Waals surface area contributed by atoms with E-state index < -0.39 is 11.5 Å². The van der Waals surface area contributed by atoms with Gasteiger partial charge in [0.2, 0.25) is 5.91 Å². The summed E-state index contributed by atoms with van der Waals surface area (Å²) in [5.41, 5.74) is -0.960. The summed E-state index contributed by atoms with van der Waals surface area (Å²) in [6.45, 7) is 1.42. The quantitative estimate of drug-likeness (QED) is 0.786. The molecule has 0 spiro atoms. The van der Waals surface area contributed by atoms with Crippen molar-refractivity contribution < 1.29 is 19.1 Å². The van der Waals surface area contributed by atoms with Crippen LogP contribution in [0.3, 0.4) is 0 Å². The van der Waals surface area contributed by atoms with Gasteiger partial charge >= 0.3 is 5.97 Å². The maximum atomic E-state index is 12.0. The highest BCUT2D eigenvalue weighted by Crippen LogP contribution is 2.38. The van der Waals surface area contributed by atoms with Gasteiger partial charge in [-0.15, -0.1) is 0 Å². The first kappa shape index (κ1) is 14.3. The van der Waals surface area contributed by atoms with E-state index in [1.54, 1.807) is 0 Å². The van der Waals surface area contributed by atoms with Crippen molar-refractivity contribution in [1.82, 2.24) is 5.32 Å². The van der Waals surface area contributed by atoms with E-state index in [9.17, 15) is 9.59 Å². The first-order chi connectivity index (χ1) is 9.08.